The number of urea groups is 1. The van der Waals surface area contributed by atoms with Crippen LogP contribution in [0.2, 0.25) is 0 Å². The molecule has 1 aliphatic rings. The van der Waals surface area contributed by atoms with Crippen LogP contribution < -0.4 is 20.1 Å². The van der Waals surface area contributed by atoms with Gasteiger partial charge in [0.05, 0.1) is 12.8 Å². The molecular weight excluding hydrogens is 288 g/mol. The average Bonchev–Trinajstić information content (AvgIpc) is 3.16. The maximum atomic E-state index is 11.9. The summed E-state index contributed by atoms with van der Waals surface area (Å²) < 4.78 is 15.6. The Hall–Kier alpha value is -2.67. The van der Waals surface area contributed by atoms with Gasteiger partial charge in [0.1, 0.15) is 11.4 Å². The molecule has 0 bridgehead atoms. The zero-order chi connectivity index (χ0) is 15.6. The molecule has 1 atom stereocenters. The van der Waals surface area contributed by atoms with Gasteiger partial charge in [-0.3, -0.25) is 0 Å². The highest BCUT2D eigenvalue weighted by Crippen LogP contribution is 2.34. The van der Waals surface area contributed by atoms with Gasteiger partial charge in [-0.2, -0.15) is 0 Å². The van der Waals surface area contributed by atoms with Crippen LogP contribution in [0.1, 0.15) is 12.7 Å². The van der Waals surface area contributed by atoms with Crippen molar-refractivity contribution in [2.24, 2.45) is 0 Å². The first-order valence-electron chi connectivity index (χ1n) is 6.75. The first kappa shape index (κ1) is 14.3. The van der Waals surface area contributed by atoms with Crippen LogP contribution in [0.3, 0.4) is 0 Å². The topological polar surface area (TPSA) is 93.0 Å². The number of carbonyl (C=O) groups excluding carboxylic acids is 1. The summed E-state index contributed by atoms with van der Waals surface area (Å²) >= 11 is 0. The molecule has 1 aromatic heterocycles. The van der Waals surface area contributed by atoms with Crippen LogP contribution in [0.4, 0.5) is 10.5 Å². The Balaban J connectivity index is 1.57. The lowest BCUT2D eigenvalue weighted by Crippen LogP contribution is -2.40. The Morgan fingerprint density at radius 1 is 1.32 bits per heavy atom. The lowest BCUT2D eigenvalue weighted by molar-refractivity contribution is 0.0372. The van der Waals surface area contributed by atoms with Gasteiger partial charge in [0.15, 0.2) is 11.5 Å². The van der Waals surface area contributed by atoms with Crippen molar-refractivity contribution in [2.45, 2.75) is 12.5 Å². The highest BCUT2D eigenvalue weighted by molar-refractivity contribution is 5.89. The number of anilines is 1. The summed E-state index contributed by atoms with van der Waals surface area (Å²) in [6.45, 7) is 1.75. The zero-order valence-electron chi connectivity index (χ0n) is 12.0. The van der Waals surface area contributed by atoms with Crippen molar-refractivity contribution in [1.82, 2.24) is 5.32 Å². The van der Waals surface area contributed by atoms with Crippen LogP contribution in [0.5, 0.6) is 11.5 Å². The van der Waals surface area contributed by atoms with Gasteiger partial charge in [-0.05, 0) is 31.2 Å². The van der Waals surface area contributed by atoms with Gasteiger partial charge >= 0.3 is 6.03 Å². The summed E-state index contributed by atoms with van der Waals surface area (Å²) in [6.07, 6.45) is 1.47. The summed E-state index contributed by atoms with van der Waals surface area (Å²) in [5.74, 6) is 1.61. The van der Waals surface area contributed by atoms with Crippen molar-refractivity contribution >= 4 is 11.7 Å². The summed E-state index contributed by atoms with van der Waals surface area (Å²) in [4.78, 5) is 11.9. The number of aliphatic hydroxyl groups is 1. The summed E-state index contributed by atoms with van der Waals surface area (Å²) in [6, 6.07) is 7.99. The predicted molar refractivity (Wildman–Crippen MR) is 77.9 cm³/mol. The van der Waals surface area contributed by atoms with Crippen molar-refractivity contribution in [3.8, 4) is 11.5 Å². The van der Waals surface area contributed by atoms with Gasteiger partial charge in [0, 0.05) is 11.8 Å². The van der Waals surface area contributed by atoms with E-state index in [1.807, 2.05) is 0 Å². The highest BCUT2D eigenvalue weighted by Gasteiger charge is 2.26. The van der Waals surface area contributed by atoms with E-state index in [0.29, 0.717) is 22.9 Å². The first-order valence-corrected chi connectivity index (χ1v) is 6.75. The van der Waals surface area contributed by atoms with E-state index < -0.39 is 11.6 Å². The maximum Gasteiger partial charge on any atom is 0.319 e. The molecule has 1 aliphatic heterocycles. The molecule has 0 spiro atoms. The summed E-state index contributed by atoms with van der Waals surface area (Å²) in [5.41, 5.74) is -0.713. The van der Waals surface area contributed by atoms with Crippen molar-refractivity contribution in [1.29, 1.82) is 0 Å². The molecule has 7 nitrogen and oxygen atoms in total. The van der Waals surface area contributed by atoms with Crippen LogP contribution in [0, 0.1) is 0 Å². The molecule has 3 N–H and O–H groups in total. The fourth-order valence-electron chi connectivity index (χ4n) is 2.07. The minimum atomic E-state index is -1.28. The smallest absolute Gasteiger partial charge is 0.319 e. The maximum absolute atomic E-state index is 11.9. The lowest BCUT2D eigenvalue weighted by Gasteiger charge is -2.21. The molecule has 22 heavy (non-hydrogen) atoms. The van der Waals surface area contributed by atoms with E-state index in [2.05, 4.69) is 10.6 Å². The molecule has 1 unspecified atom stereocenters. The number of rotatable bonds is 4. The van der Waals surface area contributed by atoms with E-state index in [9.17, 15) is 9.90 Å². The van der Waals surface area contributed by atoms with E-state index in [1.165, 1.54) is 6.26 Å². The van der Waals surface area contributed by atoms with Gasteiger partial charge < -0.3 is 29.6 Å². The average molecular weight is 304 g/mol. The number of carbonyl (C=O) groups is 1. The van der Waals surface area contributed by atoms with Gasteiger partial charge in [-0.1, -0.05) is 0 Å². The van der Waals surface area contributed by atoms with Crippen LogP contribution in [0.25, 0.3) is 0 Å². The third kappa shape index (κ3) is 2.99. The Bertz CT molecular complexity index is 667. The summed E-state index contributed by atoms with van der Waals surface area (Å²) in [7, 11) is 0. The third-order valence-electron chi connectivity index (χ3n) is 3.28. The summed E-state index contributed by atoms with van der Waals surface area (Å²) in [5, 5.41) is 15.5. The van der Waals surface area contributed by atoms with Gasteiger partial charge in [0.25, 0.3) is 0 Å². The van der Waals surface area contributed by atoms with E-state index in [-0.39, 0.29) is 13.3 Å². The Morgan fingerprint density at radius 2 is 2.14 bits per heavy atom. The molecule has 0 radical (unpaired) electrons. The standard InChI is InChI=1S/C15H16N2O5/c1-15(19,13-3-2-6-20-13)8-16-14(18)17-10-4-5-11-12(7-10)22-9-21-11/h2-7,19H,8-9H2,1H3,(H2,16,17,18). The fraction of sp³-hybridized carbons (Fsp3) is 0.267. The van der Waals surface area contributed by atoms with E-state index in [0.717, 1.165) is 0 Å². The molecule has 116 valence electrons. The van der Waals surface area contributed by atoms with E-state index in [1.54, 1.807) is 37.3 Å². The molecule has 2 amide bonds. The van der Waals surface area contributed by atoms with Gasteiger partial charge in [0.2, 0.25) is 6.79 Å². The monoisotopic (exact) mass is 304 g/mol. The van der Waals surface area contributed by atoms with Crippen LogP contribution >= 0.6 is 0 Å². The third-order valence-corrected chi connectivity index (χ3v) is 3.28. The molecule has 0 aliphatic carbocycles. The largest absolute Gasteiger partial charge is 0.466 e. The number of ether oxygens (including phenoxy) is 2. The second-order valence-corrected chi connectivity index (χ2v) is 5.13. The second-order valence-electron chi connectivity index (χ2n) is 5.13. The molecule has 2 heterocycles. The van der Waals surface area contributed by atoms with Gasteiger partial charge in [-0.25, -0.2) is 4.79 Å². The molecule has 7 heteroatoms. The first-order chi connectivity index (χ1) is 10.5. The Morgan fingerprint density at radius 3 is 2.91 bits per heavy atom. The van der Waals surface area contributed by atoms with Crippen LogP contribution in [0.15, 0.2) is 41.0 Å². The zero-order valence-corrected chi connectivity index (χ0v) is 12.0. The van der Waals surface area contributed by atoms with E-state index >= 15 is 0 Å². The van der Waals surface area contributed by atoms with Crippen molar-refractivity contribution in [3.63, 3.8) is 0 Å². The lowest BCUT2D eigenvalue weighted by atomic mass is 10.0. The Kier molecular flexibility index (Phi) is 3.64. The van der Waals surface area contributed by atoms with Crippen molar-refractivity contribution < 1.29 is 23.8 Å². The number of hydrogen-bond donors (Lipinski definition) is 3. The molecular formula is C15H16N2O5. The minimum absolute atomic E-state index is 0.0108. The number of furan rings is 1. The molecule has 1 aromatic carbocycles. The molecule has 0 saturated carbocycles. The van der Waals surface area contributed by atoms with Crippen molar-refractivity contribution in [3.05, 3.63) is 42.4 Å². The van der Waals surface area contributed by atoms with Gasteiger partial charge in [-0.15, -0.1) is 0 Å². The quantitative estimate of drug-likeness (QED) is 0.803. The SMILES string of the molecule is CC(O)(CNC(=O)Nc1ccc2c(c1)OCO2)c1ccco1. The predicted octanol–water partition coefficient (Wildman–Crippen LogP) is 2.04. The Labute approximate surface area is 126 Å². The minimum Gasteiger partial charge on any atom is -0.466 e. The normalized spacial score (nSPS) is 15.2. The number of fused-ring (bicyclic) bond motifs is 1. The number of benzene rings is 1. The number of hydrogen-bond acceptors (Lipinski definition) is 5. The molecule has 2 aromatic rings. The number of amides is 2. The highest BCUT2D eigenvalue weighted by atomic mass is 16.7. The number of nitrogens with one attached hydrogen (secondary N) is 2. The van der Waals surface area contributed by atoms with Crippen LogP contribution in [-0.4, -0.2) is 24.5 Å². The van der Waals surface area contributed by atoms with Crippen LogP contribution in [-0.2, 0) is 5.60 Å². The fourth-order valence-corrected chi connectivity index (χ4v) is 2.07. The molecule has 0 saturated heterocycles. The molecule has 0 fully saturated rings. The molecule has 3 rings (SSSR count). The van der Waals surface area contributed by atoms with E-state index in [4.69, 9.17) is 13.9 Å². The second kappa shape index (κ2) is 5.61. The van der Waals surface area contributed by atoms with Crippen molar-refractivity contribution in [2.75, 3.05) is 18.7 Å².